The van der Waals surface area contributed by atoms with Crippen molar-refractivity contribution in [2.45, 2.75) is 19.9 Å². The maximum absolute atomic E-state index is 12.5. The molecule has 0 fully saturated rings. The first-order chi connectivity index (χ1) is 9.99. The number of hydrogen-bond donors (Lipinski definition) is 1. The lowest BCUT2D eigenvalue weighted by molar-refractivity contribution is -0.141. The standard InChI is InChI=1S/C15H19N3O3/c1-11(2)18(10-14(19)21-3)15(20)13-7-12(5-4-6-16)8-17-9-13/h7-9,11H,6,10,16H2,1-3H3. The topological polar surface area (TPSA) is 85.5 Å². The van der Waals surface area contributed by atoms with Crippen LogP contribution in [-0.4, -0.2) is 48.0 Å². The molecule has 0 aliphatic carbocycles. The minimum Gasteiger partial charge on any atom is -0.468 e. The summed E-state index contributed by atoms with van der Waals surface area (Å²) in [5, 5.41) is 0. The van der Waals surface area contributed by atoms with Crippen molar-refractivity contribution in [1.82, 2.24) is 9.88 Å². The molecule has 6 nitrogen and oxygen atoms in total. The third kappa shape index (κ3) is 4.89. The van der Waals surface area contributed by atoms with E-state index in [1.54, 1.807) is 12.3 Å². The Morgan fingerprint density at radius 3 is 2.71 bits per heavy atom. The first-order valence-electron chi connectivity index (χ1n) is 6.51. The SMILES string of the molecule is COC(=O)CN(C(=O)c1cncc(C#CCN)c1)C(C)C. The molecule has 0 bridgehead atoms. The third-order valence-corrected chi connectivity index (χ3v) is 2.73. The zero-order chi connectivity index (χ0) is 15.8. The maximum Gasteiger partial charge on any atom is 0.325 e. The monoisotopic (exact) mass is 289 g/mol. The second-order valence-corrected chi connectivity index (χ2v) is 4.57. The molecule has 112 valence electrons. The van der Waals surface area contributed by atoms with Gasteiger partial charge in [-0.15, -0.1) is 0 Å². The van der Waals surface area contributed by atoms with E-state index in [0.717, 1.165) is 0 Å². The van der Waals surface area contributed by atoms with Crippen molar-refractivity contribution in [3.8, 4) is 11.8 Å². The van der Waals surface area contributed by atoms with Gasteiger partial charge in [-0.2, -0.15) is 0 Å². The number of hydrogen-bond acceptors (Lipinski definition) is 5. The Labute approximate surface area is 124 Å². The number of rotatable bonds is 4. The molecule has 1 heterocycles. The van der Waals surface area contributed by atoms with Gasteiger partial charge in [0.2, 0.25) is 0 Å². The summed E-state index contributed by atoms with van der Waals surface area (Å²) in [6.45, 7) is 3.78. The molecule has 1 amide bonds. The number of ether oxygens (including phenoxy) is 1. The number of carbonyl (C=O) groups is 2. The molecule has 0 aromatic carbocycles. The van der Waals surface area contributed by atoms with Gasteiger partial charge in [-0.05, 0) is 19.9 Å². The van der Waals surface area contributed by atoms with E-state index in [9.17, 15) is 9.59 Å². The second kappa shape index (κ2) is 8.02. The predicted molar refractivity (Wildman–Crippen MR) is 78.4 cm³/mol. The summed E-state index contributed by atoms with van der Waals surface area (Å²) in [5.74, 6) is 4.76. The van der Waals surface area contributed by atoms with Crippen molar-refractivity contribution >= 4 is 11.9 Å². The number of pyridine rings is 1. The van der Waals surface area contributed by atoms with E-state index in [4.69, 9.17) is 5.73 Å². The van der Waals surface area contributed by atoms with Crippen LogP contribution in [0.4, 0.5) is 0 Å². The van der Waals surface area contributed by atoms with Crippen LogP contribution < -0.4 is 5.73 Å². The fourth-order valence-electron chi connectivity index (χ4n) is 1.64. The van der Waals surface area contributed by atoms with Gasteiger partial charge in [-0.3, -0.25) is 14.6 Å². The number of nitrogens with zero attached hydrogens (tertiary/aromatic N) is 2. The molecule has 0 spiro atoms. The summed E-state index contributed by atoms with van der Waals surface area (Å²) < 4.78 is 4.61. The smallest absolute Gasteiger partial charge is 0.325 e. The zero-order valence-electron chi connectivity index (χ0n) is 12.4. The molecule has 0 saturated heterocycles. The van der Waals surface area contributed by atoms with E-state index < -0.39 is 5.97 Å². The van der Waals surface area contributed by atoms with Crippen molar-refractivity contribution < 1.29 is 14.3 Å². The Morgan fingerprint density at radius 1 is 1.43 bits per heavy atom. The van der Waals surface area contributed by atoms with Crippen LogP contribution in [0.25, 0.3) is 0 Å². The Morgan fingerprint density at radius 2 is 2.14 bits per heavy atom. The number of carbonyl (C=O) groups excluding carboxylic acids is 2. The van der Waals surface area contributed by atoms with E-state index in [2.05, 4.69) is 21.6 Å². The Hall–Kier alpha value is -2.39. The average molecular weight is 289 g/mol. The van der Waals surface area contributed by atoms with Gasteiger partial charge in [0.05, 0.1) is 19.2 Å². The number of methoxy groups -OCH3 is 1. The summed E-state index contributed by atoms with van der Waals surface area (Å²) in [6.07, 6.45) is 3.00. The normalized spacial score (nSPS) is 9.76. The minimum atomic E-state index is -0.468. The molecule has 0 radical (unpaired) electrons. The largest absolute Gasteiger partial charge is 0.468 e. The van der Waals surface area contributed by atoms with Crippen LogP contribution in [0.1, 0.15) is 29.8 Å². The maximum atomic E-state index is 12.5. The predicted octanol–water partition coefficient (Wildman–Crippen LogP) is 0.415. The highest BCUT2D eigenvalue weighted by atomic mass is 16.5. The van der Waals surface area contributed by atoms with Crippen LogP contribution in [0.3, 0.4) is 0 Å². The molecule has 2 N–H and O–H groups in total. The van der Waals surface area contributed by atoms with Crippen LogP contribution in [0.15, 0.2) is 18.5 Å². The van der Waals surface area contributed by atoms with Gasteiger partial charge in [0.25, 0.3) is 5.91 Å². The van der Waals surface area contributed by atoms with Crippen LogP contribution in [-0.2, 0) is 9.53 Å². The molecule has 1 rings (SSSR count). The van der Waals surface area contributed by atoms with E-state index in [0.29, 0.717) is 11.1 Å². The van der Waals surface area contributed by atoms with Gasteiger partial charge in [-0.25, -0.2) is 0 Å². The van der Waals surface area contributed by atoms with E-state index in [1.807, 2.05) is 13.8 Å². The van der Waals surface area contributed by atoms with Crippen molar-refractivity contribution in [2.24, 2.45) is 5.73 Å². The van der Waals surface area contributed by atoms with Crippen LogP contribution in [0.2, 0.25) is 0 Å². The lowest BCUT2D eigenvalue weighted by Gasteiger charge is -2.25. The first-order valence-corrected chi connectivity index (χ1v) is 6.51. The fraction of sp³-hybridized carbons (Fsp3) is 0.400. The van der Waals surface area contributed by atoms with Gasteiger partial charge in [-0.1, -0.05) is 11.8 Å². The molecule has 0 unspecified atom stereocenters. The number of nitrogens with two attached hydrogens (primary N) is 1. The molecule has 0 aliphatic rings. The van der Waals surface area contributed by atoms with Crippen molar-refractivity contribution in [1.29, 1.82) is 0 Å². The van der Waals surface area contributed by atoms with Crippen LogP contribution in [0, 0.1) is 11.8 Å². The number of aromatic nitrogens is 1. The zero-order valence-corrected chi connectivity index (χ0v) is 12.4. The third-order valence-electron chi connectivity index (χ3n) is 2.73. The van der Waals surface area contributed by atoms with E-state index in [-0.39, 0.29) is 25.0 Å². The lowest BCUT2D eigenvalue weighted by atomic mass is 10.1. The summed E-state index contributed by atoms with van der Waals surface area (Å²) in [7, 11) is 1.29. The van der Waals surface area contributed by atoms with E-state index >= 15 is 0 Å². The first kappa shape index (κ1) is 16.7. The molecule has 21 heavy (non-hydrogen) atoms. The highest BCUT2D eigenvalue weighted by molar-refractivity contribution is 5.96. The summed E-state index contributed by atoms with van der Waals surface area (Å²) in [4.78, 5) is 29.3. The quantitative estimate of drug-likeness (QED) is 0.641. The van der Waals surface area contributed by atoms with Crippen molar-refractivity contribution in [3.63, 3.8) is 0 Å². The summed E-state index contributed by atoms with van der Waals surface area (Å²) in [6, 6.07) is 1.49. The number of amides is 1. The highest BCUT2D eigenvalue weighted by Crippen LogP contribution is 2.09. The molecule has 6 heteroatoms. The fourth-order valence-corrected chi connectivity index (χ4v) is 1.64. The van der Waals surface area contributed by atoms with Gasteiger partial charge in [0.1, 0.15) is 6.54 Å². The molecule has 0 saturated carbocycles. The van der Waals surface area contributed by atoms with Gasteiger partial charge in [0.15, 0.2) is 0 Å². The van der Waals surface area contributed by atoms with Gasteiger partial charge < -0.3 is 15.4 Å². The summed E-state index contributed by atoms with van der Waals surface area (Å²) in [5.41, 5.74) is 6.29. The highest BCUT2D eigenvalue weighted by Gasteiger charge is 2.22. The average Bonchev–Trinajstić information content (AvgIpc) is 2.49. The Bertz CT molecular complexity index is 573. The molecule has 0 atom stereocenters. The van der Waals surface area contributed by atoms with Crippen molar-refractivity contribution in [2.75, 3.05) is 20.2 Å². The Balaban J connectivity index is 3.01. The number of esters is 1. The molecule has 1 aromatic heterocycles. The minimum absolute atomic E-state index is 0.105. The van der Waals surface area contributed by atoms with E-state index in [1.165, 1.54) is 18.2 Å². The summed E-state index contributed by atoms with van der Waals surface area (Å²) >= 11 is 0. The second-order valence-electron chi connectivity index (χ2n) is 4.57. The van der Waals surface area contributed by atoms with Crippen molar-refractivity contribution in [3.05, 3.63) is 29.6 Å². The molecular formula is C15H19N3O3. The Kier molecular flexibility index (Phi) is 6.37. The van der Waals surface area contributed by atoms with Gasteiger partial charge in [0, 0.05) is 24.0 Å². The molecular weight excluding hydrogens is 270 g/mol. The van der Waals surface area contributed by atoms with Crippen LogP contribution >= 0.6 is 0 Å². The van der Waals surface area contributed by atoms with Gasteiger partial charge >= 0.3 is 5.97 Å². The lowest BCUT2D eigenvalue weighted by Crippen LogP contribution is -2.41. The van der Waals surface area contributed by atoms with Crippen LogP contribution in [0.5, 0.6) is 0 Å². The molecule has 0 aliphatic heterocycles. The molecule has 1 aromatic rings.